The molecule has 0 unspecified atom stereocenters. The fraction of sp³-hybridized carbons (Fsp3) is 0.143. The van der Waals surface area contributed by atoms with Gasteiger partial charge in [0.05, 0.1) is 16.8 Å². The Labute approximate surface area is 207 Å². The molecule has 174 valence electrons. The molecule has 6 nitrogen and oxygen atoms in total. The molecule has 1 aliphatic rings. The first-order valence-corrected chi connectivity index (χ1v) is 12.2. The van der Waals surface area contributed by atoms with Gasteiger partial charge in [-0.2, -0.15) is 0 Å². The van der Waals surface area contributed by atoms with Gasteiger partial charge < -0.3 is 5.32 Å². The molecule has 4 aromatic rings. The van der Waals surface area contributed by atoms with Gasteiger partial charge in [-0.3, -0.25) is 19.3 Å². The van der Waals surface area contributed by atoms with E-state index in [-0.39, 0.29) is 29.3 Å². The summed E-state index contributed by atoms with van der Waals surface area (Å²) >= 11 is 1.58. The number of fused-ring (bicyclic) bond motifs is 1. The fourth-order valence-corrected chi connectivity index (χ4v) is 4.94. The second kappa shape index (κ2) is 9.27. The second-order valence-electron chi connectivity index (χ2n) is 8.62. The predicted octanol–water partition coefficient (Wildman–Crippen LogP) is 5.41. The van der Waals surface area contributed by atoms with Crippen LogP contribution in [0.15, 0.2) is 78.2 Å². The van der Waals surface area contributed by atoms with Gasteiger partial charge in [0.2, 0.25) is 0 Å². The highest BCUT2D eigenvalue weighted by Gasteiger charge is 2.37. The molecule has 35 heavy (non-hydrogen) atoms. The van der Waals surface area contributed by atoms with Crippen molar-refractivity contribution < 1.29 is 14.4 Å². The molecule has 3 aromatic carbocycles. The van der Waals surface area contributed by atoms with E-state index >= 15 is 0 Å². The van der Waals surface area contributed by atoms with Gasteiger partial charge in [0, 0.05) is 34.7 Å². The molecule has 0 fully saturated rings. The number of nitrogens with zero attached hydrogens (tertiary/aromatic N) is 2. The van der Waals surface area contributed by atoms with E-state index in [9.17, 15) is 14.4 Å². The van der Waals surface area contributed by atoms with Crippen molar-refractivity contribution in [2.24, 2.45) is 0 Å². The summed E-state index contributed by atoms with van der Waals surface area (Å²) in [6.07, 6.45) is 0. The Morgan fingerprint density at radius 1 is 0.914 bits per heavy atom. The van der Waals surface area contributed by atoms with Crippen molar-refractivity contribution >= 4 is 29.1 Å². The van der Waals surface area contributed by atoms with Crippen LogP contribution in [0.5, 0.6) is 0 Å². The zero-order valence-corrected chi connectivity index (χ0v) is 20.1. The first-order chi connectivity index (χ1) is 16.9. The van der Waals surface area contributed by atoms with Crippen LogP contribution in [0.2, 0.25) is 0 Å². The van der Waals surface area contributed by atoms with Gasteiger partial charge in [-0.25, -0.2) is 4.98 Å². The van der Waals surface area contributed by atoms with Gasteiger partial charge in [-0.1, -0.05) is 48.5 Å². The lowest BCUT2D eigenvalue weighted by Crippen LogP contribution is -2.35. The summed E-state index contributed by atoms with van der Waals surface area (Å²) in [5, 5.41) is 5.86. The number of hydrogen-bond donors (Lipinski definition) is 1. The maximum atomic E-state index is 12.8. The molecule has 0 aliphatic carbocycles. The largest absolute Gasteiger partial charge is 0.348 e. The summed E-state index contributed by atoms with van der Waals surface area (Å²) in [6.45, 7) is 3.90. The number of thiazole rings is 1. The summed E-state index contributed by atoms with van der Waals surface area (Å²) in [5.74, 6) is -0.982. The number of carbonyl (C=O) groups excluding carboxylic acids is 3. The zero-order chi connectivity index (χ0) is 24.5. The molecule has 0 saturated heterocycles. The monoisotopic (exact) mass is 481 g/mol. The number of nitrogens with one attached hydrogen (secondary N) is 1. The Kier molecular flexibility index (Phi) is 6.01. The summed E-state index contributed by atoms with van der Waals surface area (Å²) < 4.78 is 0. The van der Waals surface area contributed by atoms with Gasteiger partial charge in [0.1, 0.15) is 5.01 Å². The molecule has 0 atom stereocenters. The molecule has 5 rings (SSSR count). The Morgan fingerprint density at radius 3 is 2.43 bits per heavy atom. The topological polar surface area (TPSA) is 79.4 Å². The van der Waals surface area contributed by atoms with E-state index in [4.69, 9.17) is 4.98 Å². The highest BCUT2D eigenvalue weighted by molar-refractivity contribution is 7.13. The minimum Gasteiger partial charge on any atom is -0.348 e. The summed E-state index contributed by atoms with van der Waals surface area (Å²) in [6, 6.07) is 22.3. The quantitative estimate of drug-likeness (QED) is 0.374. The SMILES string of the molecule is CC(C)N1C(=O)c2ccc(C(=O)NCc3cccc(-c4nc(-c5ccccc5)cs4)c3)cc2C1=O. The molecular formula is C28H23N3O3S. The zero-order valence-electron chi connectivity index (χ0n) is 19.3. The minimum absolute atomic E-state index is 0.242. The van der Waals surface area contributed by atoms with Crippen LogP contribution in [0, 0.1) is 0 Å². The van der Waals surface area contributed by atoms with Crippen LogP contribution in [-0.4, -0.2) is 33.6 Å². The normalized spacial score (nSPS) is 12.8. The van der Waals surface area contributed by atoms with Crippen LogP contribution in [0.25, 0.3) is 21.8 Å². The Morgan fingerprint density at radius 2 is 1.66 bits per heavy atom. The third kappa shape index (κ3) is 4.38. The molecule has 7 heteroatoms. The van der Waals surface area contributed by atoms with Crippen LogP contribution in [0.4, 0.5) is 0 Å². The number of hydrogen-bond acceptors (Lipinski definition) is 5. The van der Waals surface area contributed by atoms with Crippen LogP contribution in [0.1, 0.15) is 50.5 Å². The van der Waals surface area contributed by atoms with E-state index in [1.807, 2.05) is 60.0 Å². The lowest BCUT2D eigenvalue weighted by Gasteiger charge is -2.17. The molecule has 0 bridgehead atoms. The summed E-state index contributed by atoms with van der Waals surface area (Å²) in [4.78, 5) is 43.9. The summed E-state index contributed by atoms with van der Waals surface area (Å²) in [7, 11) is 0. The van der Waals surface area contributed by atoms with E-state index in [2.05, 4.69) is 5.32 Å². The van der Waals surface area contributed by atoms with Crippen molar-refractivity contribution in [1.29, 1.82) is 0 Å². The van der Waals surface area contributed by atoms with Crippen LogP contribution in [-0.2, 0) is 6.54 Å². The molecule has 1 aromatic heterocycles. The van der Waals surface area contributed by atoms with Crippen molar-refractivity contribution in [3.8, 4) is 21.8 Å². The highest BCUT2D eigenvalue weighted by atomic mass is 32.1. The van der Waals surface area contributed by atoms with E-state index < -0.39 is 0 Å². The van der Waals surface area contributed by atoms with Crippen molar-refractivity contribution in [3.05, 3.63) is 100 Å². The summed E-state index contributed by atoms with van der Waals surface area (Å²) in [5.41, 5.74) is 4.89. The standard InChI is InChI=1S/C28H23N3O3S/c1-17(2)31-27(33)22-12-11-20(14-23(22)28(31)34)25(32)29-15-18-7-6-10-21(13-18)26-30-24(16-35-26)19-8-4-3-5-9-19/h3-14,16-17H,15H2,1-2H3,(H,29,32). The minimum atomic E-state index is -0.360. The number of amides is 3. The van der Waals surface area contributed by atoms with Gasteiger partial charge >= 0.3 is 0 Å². The van der Waals surface area contributed by atoms with E-state index in [1.165, 1.54) is 11.0 Å². The van der Waals surface area contributed by atoms with Gasteiger partial charge in [0.25, 0.3) is 17.7 Å². The number of aromatic nitrogens is 1. The number of benzene rings is 3. The average molecular weight is 482 g/mol. The molecule has 1 aliphatic heterocycles. The smallest absolute Gasteiger partial charge is 0.261 e. The van der Waals surface area contributed by atoms with Crippen molar-refractivity contribution in [2.75, 3.05) is 0 Å². The number of imide groups is 1. The van der Waals surface area contributed by atoms with E-state index in [0.717, 1.165) is 27.4 Å². The second-order valence-corrected chi connectivity index (χ2v) is 9.48. The molecular weight excluding hydrogens is 458 g/mol. The van der Waals surface area contributed by atoms with Gasteiger partial charge in [-0.05, 0) is 43.7 Å². The number of rotatable bonds is 6. The van der Waals surface area contributed by atoms with E-state index in [1.54, 1.807) is 37.3 Å². The Hall–Kier alpha value is -4.10. The van der Waals surface area contributed by atoms with Crippen molar-refractivity contribution in [1.82, 2.24) is 15.2 Å². The highest BCUT2D eigenvalue weighted by Crippen LogP contribution is 2.29. The molecule has 1 N–H and O–H groups in total. The van der Waals surface area contributed by atoms with Gasteiger partial charge in [0.15, 0.2) is 0 Å². The molecule has 0 spiro atoms. The number of carbonyl (C=O) groups is 3. The molecule has 0 radical (unpaired) electrons. The first-order valence-electron chi connectivity index (χ1n) is 11.3. The molecule has 3 amide bonds. The van der Waals surface area contributed by atoms with Crippen molar-refractivity contribution in [3.63, 3.8) is 0 Å². The maximum absolute atomic E-state index is 12.8. The molecule has 0 saturated carbocycles. The third-order valence-electron chi connectivity index (χ3n) is 5.90. The average Bonchev–Trinajstić information content (AvgIpc) is 3.46. The predicted molar refractivity (Wildman–Crippen MR) is 136 cm³/mol. The lowest BCUT2D eigenvalue weighted by atomic mass is 10.1. The lowest BCUT2D eigenvalue weighted by molar-refractivity contribution is 0.0609. The van der Waals surface area contributed by atoms with Crippen LogP contribution < -0.4 is 5.32 Å². The van der Waals surface area contributed by atoms with E-state index in [0.29, 0.717) is 17.7 Å². The van der Waals surface area contributed by atoms with Crippen LogP contribution >= 0.6 is 11.3 Å². The first kappa shape index (κ1) is 22.7. The van der Waals surface area contributed by atoms with Crippen LogP contribution in [0.3, 0.4) is 0 Å². The molecule has 2 heterocycles. The van der Waals surface area contributed by atoms with Gasteiger partial charge in [-0.15, -0.1) is 11.3 Å². The maximum Gasteiger partial charge on any atom is 0.261 e. The Bertz CT molecular complexity index is 1440. The Balaban J connectivity index is 1.29. The third-order valence-corrected chi connectivity index (χ3v) is 6.79. The van der Waals surface area contributed by atoms with Crippen molar-refractivity contribution in [2.45, 2.75) is 26.4 Å². The fourth-order valence-electron chi connectivity index (χ4n) is 4.12.